The van der Waals surface area contributed by atoms with Gasteiger partial charge in [-0.3, -0.25) is 0 Å². The highest BCUT2D eigenvalue weighted by molar-refractivity contribution is 6.02. The van der Waals surface area contributed by atoms with Crippen LogP contribution in [-0.4, -0.2) is 0 Å². The normalized spacial score (nSPS) is 14.4. The highest BCUT2D eigenvalue weighted by Crippen LogP contribution is 2.33. The van der Waals surface area contributed by atoms with Crippen LogP contribution in [-0.2, 0) is 0 Å². The highest BCUT2D eigenvalue weighted by atomic mass is 14.2. The van der Waals surface area contributed by atoms with E-state index in [0.717, 1.165) is 0 Å². The van der Waals surface area contributed by atoms with Crippen molar-refractivity contribution in [2.45, 2.75) is 0 Å². The van der Waals surface area contributed by atoms with Gasteiger partial charge in [-0.1, -0.05) is 72.8 Å². The van der Waals surface area contributed by atoms with E-state index in [1.807, 2.05) is 18.2 Å². The fraction of sp³-hybridized carbons (Fsp3) is 0. The zero-order chi connectivity index (χ0) is 11.5. The van der Waals surface area contributed by atoms with E-state index in [0.29, 0.717) is 0 Å². The summed E-state index contributed by atoms with van der Waals surface area (Å²) in [5.41, 5.74) is 4.89. The highest BCUT2D eigenvalue weighted by Gasteiger charge is 2.12. The van der Waals surface area contributed by atoms with E-state index < -0.39 is 0 Å². The SMILES string of the molecule is [C]1C=CC(c2ccccc2)=C1c1ccccc1. The third kappa shape index (κ3) is 1.94. The van der Waals surface area contributed by atoms with Gasteiger partial charge in [0.1, 0.15) is 0 Å². The smallest absolute Gasteiger partial charge is 0.0436 e. The molecule has 0 saturated carbocycles. The summed E-state index contributed by atoms with van der Waals surface area (Å²) in [7, 11) is 0. The quantitative estimate of drug-likeness (QED) is 0.704. The first-order valence-corrected chi connectivity index (χ1v) is 5.73. The van der Waals surface area contributed by atoms with E-state index >= 15 is 0 Å². The molecule has 2 aromatic carbocycles. The van der Waals surface area contributed by atoms with E-state index in [9.17, 15) is 0 Å². The Morgan fingerprint density at radius 2 is 1.24 bits per heavy atom. The van der Waals surface area contributed by atoms with Crippen LogP contribution in [0.5, 0.6) is 0 Å². The van der Waals surface area contributed by atoms with E-state index in [-0.39, 0.29) is 0 Å². The molecular formula is C17H12. The van der Waals surface area contributed by atoms with Crippen LogP contribution in [0.4, 0.5) is 0 Å². The van der Waals surface area contributed by atoms with Crippen molar-refractivity contribution in [1.29, 1.82) is 0 Å². The summed E-state index contributed by atoms with van der Waals surface area (Å²) in [6.45, 7) is 0. The van der Waals surface area contributed by atoms with Gasteiger partial charge in [0.05, 0.1) is 0 Å². The third-order valence-electron chi connectivity index (χ3n) is 2.89. The number of hydrogen-bond acceptors (Lipinski definition) is 0. The van der Waals surface area contributed by atoms with Crippen molar-refractivity contribution in [3.8, 4) is 0 Å². The van der Waals surface area contributed by atoms with Gasteiger partial charge in [0.15, 0.2) is 0 Å². The number of allylic oxidation sites excluding steroid dienone is 4. The lowest BCUT2D eigenvalue weighted by molar-refractivity contribution is 1.59. The standard InChI is InChI=1S/C17H12/c1-3-8-14(9-4-1)16-12-7-13-17(16)15-10-5-2-6-11-15/h1-12H. The molecule has 80 valence electrons. The molecule has 0 heteroatoms. The molecule has 0 N–H and O–H groups in total. The Balaban J connectivity index is 2.10. The Kier molecular flexibility index (Phi) is 2.63. The third-order valence-corrected chi connectivity index (χ3v) is 2.89. The largest absolute Gasteiger partial charge is 0.0708 e. The van der Waals surface area contributed by atoms with Crippen molar-refractivity contribution in [3.63, 3.8) is 0 Å². The van der Waals surface area contributed by atoms with E-state index in [2.05, 4.69) is 61.0 Å². The summed E-state index contributed by atoms with van der Waals surface area (Å²) in [4.78, 5) is 0. The first kappa shape index (κ1) is 10.1. The van der Waals surface area contributed by atoms with Gasteiger partial charge in [0, 0.05) is 6.42 Å². The number of benzene rings is 2. The minimum Gasteiger partial charge on any atom is -0.0708 e. The summed E-state index contributed by atoms with van der Waals surface area (Å²) < 4.78 is 0. The molecule has 0 nitrogen and oxygen atoms in total. The number of hydrogen-bond donors (Lipinski definition) is 0. The molecule has 17 heavy (non-hydrogen) atoms. The van der Waals surface area contributed by atoms with Crippen LogP contribution < -0.4 is 0 Å². The van der Waals surface area contributed by atoms with Crippen LogP contribution in [0.1, 0.15) is 11.1 Å². The summed E-state index contributed by atoms with van der Waals surface area (Å²) in [6, 6.07) is 20.8. The fourth-order valence-corrected chi connectivity index (χ4v) is 2.07. The molecule has 0 aliphatic heterocycles. The molecule has 1 aliphatic carbocycles. The van der Waals surface area contributed by atoms with Gasteiger partial charge in [-0.2, -0.15) is 0 Å². The Morgan fingerprint density at radius 1 is 0.647 bits per heavy atom. The van der Waals surface area contributed by atoms with Crippen molar-refractivity contribution in [3.05, 3.63) is 90.4 Å². The lowest BCUT2D eigenvalue weighted by Gasteiger charge is -2.07. The van der Waals surface area contributed by atoms with Gasteiger partial charge < -0.3 is 0 Å². The molecule has 0 spiro atoms. The second-order valence-corrected chi connectivity index (χ2v) is 4.00. The summed E-state index contributed by atoms with van der Waals surface area (Å²) >= 11 is 0. The maximum absolute atomic E-state index is 3.32. The minimum atomic E-state index is 1.18. The van der Waals surface area contributed by atoms with Crippen molar-refractivity contribution in [2.75, 3.05) is 0 Å². The zero-order valence-electron chi connectivity index (χ0n) is 9.43. The predicted octanol–water partition coefficient (Wildman–Crippen LogP) is 4.25. The molecule has 0 aromatic heterocycles. The monoisotopic (exact) mass is 216 g/mol. The molecule has 0 amide bonds. The average Bonchev–Trinajstić information content (AvgIpc) is 2.90. The fourth-order valence-electron chi connectivity index (χ4n) is 2.07. The first-order chi connectivity index (χ1) is 8.45. The van der Waals surface area contributed by atoms with Gasteiger partial charge in [0.25, 0.3) is 0 Å². The van der Waals surface area contributed by atoms with Crippen molar-refractivity contribution >= 4 is 11.1 Å². The Bertz CT molecular complexity index is 560. The van der Waals surface area contributed by atoms with Crippen LogP contribution in [0, 0.1) is 6.42 Å². The summed E-state index contributed by atoms with van der Waals surface area (Å²) in [5.74, 6) is 0. The van der Waals surface area contributed by atoms with Gasteiger partial charge in [-0.05, 0) is 22.3 Å². The lowest BCUT2D eigenvalue weighted by atomic mass is 9.97. The number of rotatable bonds is 2. The van der Waals surface area contributed by atoms with Gasteiger partial charge in [-0.25, -0.2) is 0 Å². The molecule has 0 saturated heterocycles. The van der Waals surface area contributed by atoms with Gasteiger partial charge in [0.2, 0.25) is 0 Å². The Labute approximate surface area is 102 Å². The first-order valence-electron chi connectivity index (χ1n) is 5.73. The van der Waals surface area contributed by atoms with Gasteiger partial charge >= 0.3 is 0 Å². The second kappa shape index (κ2) is 4.42. The van der Waals surface area contributed by atoms with Crippen LogP contribution in [0.3, 0.4) is 0 Å². The van der Waals surface area contributed by atoms with Crippen LogP contribution in [0.25, 0.3) is 11.1 Å². The molecule has 0 heterocycles. The van der Waals surface area contributed by atoms with Crippen molar-refractivity contribution in [2.24, 2.45) is 0 Å². The topological polar surface area (TPSA) is 0 Å². The molecule has 0 atom stereocenters. The Hall–Kier alpha value is -2.08. The molecule has 0 unspecified atom stereocenters. The second-order valence-electron chi connectivity index (χ2n) is 4.00. The Morgan fingerprint density at radius 3 is 1.88 bits per heavy atom. The average molecular weight is 216 g/mol. The van der Waals surface area contributed by atoms with E-state index in [1.165, 1.54) is 22.3 Å². The molecule has 0 bridgehead atoms. The van der Waals surface area contributed by atoms with Crippen molar-refractivity contribution in [1.82, 2.24) is 0 Å². The summed E-state index contributed by atoms with van der Waals surface area (Å²) in [6.07, 6.45) is 7.43. The van der Waals surface area contributed by atoms with E-state index in [4.69, 9.17) is 0 Å². The molecule has 3 rings (SSSR count). The van der Waals surface area contributed by atoms with Crippen LogP contribution in [0.2, 0.25) is 0 Å². The maximum atomic E-state index is 3.32. The zero-order valence-corrected chi connectivity index (χ0v) is 9.43. The molecule has 2 radical (unpaired) electrons. The summed E-state index contributed by atoms with van der Waals surface area (Å²) in [5, 5.41) is 0. The van der Waals surface area contributed by atoms with Crippen molar-refractivity contribution < 1.29 is 0 Å². The minimum absolute atomic E-state index is 1.18. The molecular weight excluding hydrogens is 204 g/mol. The van der Waals surface area contributed by atoms with Gasteiger partial charge in [-0.15, -0.1) is 0 Å². The van der Waals surface area contributed by atoms with Crippen LogP contribution >= 0.6 is 0 Å². The van der Waals surface area contributed by atoms with Crippen LogP contribution in [0.15, 0.2) is 72.8 Å². The lowest BCUT2D eigenvalue weighted by Crippen LogP contribution is -1.86. The predicted molar refractivity (Wildman–Crippen MR) is 72.1 cm³/mol. The molecule has 2 aromatic rings. The van der Waals surface area contributed by atoms with E-state index in [1.54, 1.807) is 0 Å². The molecule has 1 aliphatic rings. The maximum Gasteiger partial charge on any atom is 0.0436 e. The molecule has 0 fully saturated rings.